The average Bonchev–Trinajstić information content (AvgIpc) is 3.23. The van der Waals surface area contributed by atoms with Gasteiger partial charge in [0.2, 0.25) is 11.1 Å². The molecule has 3 aromatic carbocycles. The zero-order chi connectivity index (χ0) is 28.9. The highest BCUT2D eigenvalue weighted by Gasteiger charge is 2.31. The number of anilines is 2. The van der Waals surface area contributed by atoms with Crippen molar-refractivity contribution in [3.63, 3.8) is 0 Å². The van der Waals surface area contributed by atoms with Gasteiger partial charge in [0, 0.05) is 43.8 Å². The largest absolute Gasteiger partial charge is 0.444 e. The predicted octanol–water partition coefficient (Wildman–Crippen LogP) is 7.31. The van der Waals surface area contributed by atoms with Crippen LogP contribution >= 0.6 is 24.2 Å². The summed E-state index contributed by atoms with van der Waals surface area (Å²) in [6.07, 6.45) is 1.46. The summed E-state index contributed by atoms with van der Waals surface area (Å²) in [6, 6.07) is 21.9. The van der Waals surface area contributed by atoms with E-state index in [0.717, 1.165) is 35.3 Å². The van der Waals surface area contributed by atoms with Crippen LogP contribution in [0.15, 0.2) is 72.8 Å². The van der Waals surface area contributed by atoms with Gasteiger partial charge in [-0.3, -0.25) is 4.79 Å². The normalized spacial score (nSPS) is 15.9. The molecule has 0 spiro atoms. The Kier molecular flexibility index (Phi) is 9.43. The van der Waals surface area contributed by atoms with Crippen molar-refractivity contribution in [3.8, 4) is 0 Å². The lowest BCUT2D eigenvalue weighted by Gasteiger charge is -2.21. The number of halogens is 1. The molecule has 2 amide bonds. The lowest BCUT2D eigenvalue weighted by Crippen LogP contribution is -2.32. The lowest BCUT2D eigenvalue weighted by molar-refractivity contribution is -0.446. The Balaban J connectivity index is 1.50. The minimum atomic E-state index is -0.676. The lowest BCUT2D eigenvalue weighted by atomic mass is 10.0. The Morgan fingerprint density at radius 3 is 2.45 bits per heavy atom. The quantitative estimate of drug-likeness (QED) is 0.167. The Morgan fingerprint density at radius 1 is 1.05 bits per heavy atom. The molecule has 1 aliphatic heterocycles. The second-order valence-corrected chi connectivity index (χ2v) is 11.8. The third-order valence-electron chi connectivity index (χ3n) is 6.42. The van der Waals surface area contributed by atoms with E-state index in [9.17, 15) is 9.59 Å². The number of carbonyl (C=O) groups is 2. The number of benzene rings is 3. The molecule has 3 N–H and O–H groups in total. The number of alkyl carbamates (subject to hydrolysis) is 1. The van der Waals surface area contributed by atoms with Crippen molar-refractivity contribution in [1.82, 2.24) is 5.32 Å². The molecule has 7 nitrogen and oxygen atoms in total. The van der Waals surface area contributed by atoms with E-state index in [1.165, 1.54) is 5.71 Å². The Hall–Kier alpha value is -3.49. The Bertz CT molecular complexity index is 1410. The molecule has 0 saturated heterocycles. The maximum absolute atomic E-state index is 13.6. The molecule has 0 aliphatic carbocycles. The summed E-state index contributed by atoms with van der Waals surface area (Å²) < 4.78 is 7.45. The molecule has 0 bridgehead atoms. The number of nitrogens with one attached hydrogen (secondary N) is 3. The third-order valence-corrected chi connectivity index (χ3v) is 7.21. The van der Waals surface area contributed by atoms with Crippen molar-refractivity contribution < 1.29 is 18.9 Å². The highest BCUT2D eigenvalue weighted by atomic mass is 35.5. The first kappa shape index (κ1) is 29.5. The molecule has 1 heterocycles. The van der Waals surface area contributed by atoms with Crippen LogP contribution in [0.25, 0.3) is 0 Å². The Morgan fingerprint density at radius 2 is 1.80 bits per heavy atom. The summed E-state index contributed by atoms with van der Waals surface area (Å²) in [5.74, 6) is -0.233. The fourth-order valence-corrected chi connectivity index (χ4v) is 5.30. The van der Waals surface area contributed by atoms with Crippen molar-refractivity contribution in [1.29, 1.82) is 0 Å². The summed E-state index contributed by atoms with van der Waals surface area (Å²) in [5, 5.41) is 9.77. The van der Waals surface area contributed by atoms with Gasteiger partial charge in [0.15, 0.2) is 5.71 Å². The van der Waals surface area contributed by atoms with Crippen LogP contribution < -0.4 is 16.0 Å². The molecular formula is C31H36ClN4O3S+. The first-order valence-electron chi connectivity index (χ1n) is 13.3. The van der Waals surface area contributed by atoms with Crippen molar-refractivity contribution in [2.24, 2.45) is 0 Å². The molecule has 2 unspecified atom stereocenters. The number of rotatable bonds is 8. The predicted molar refractivity (Wildman–Crippen MR) is 165 cm³/mol. The number of ether oxygens (including phenoxy) is 1. The molecular weight excluding hydrogens is 544 g/mol. The van der Waals surface area contributed by atoms with Crippen LogP contribution in [0.5, 0.6) is 0 Å². The second kappa shape index (κ2) is 12.8. The molecule has 1 aliphatic rings. The van der Waals surface area contributed by atoms with Crippen LogP contribution in [0, 0.1) is 0 Å². The van der Waals surface area contributed by atoms with Gasteiger partial charge < -0.3 is 20.7 Å². The van der Waals surface area contributed by atoms with E-state index < -0.39 is 17.7 Å². The van der Waals surface area contributed by atoms with Crippen molar-refractivity contribution in [3.05, 3.63) is 88.9 Å². The van der Waals surface area contributed by atoms with E-state index in [0.29, 0.717) is 17.3 Å². The van der Waals surface area contributed by atoms with E-state index in [1.807, 2.05) is 87.5 Å². The number of thiol groups is 1. The fourth-order valence-electron chi connectivity index (χ4n) is 4.57. The Labute approximate surface area is 246 Å². The highest BCUT2D eigenvalue weighted by molar-refractivity contribution is 7.80. The second-order valence-electron chi connectivity index (χ2n) is 10.8. The monoisotopic (exact) mass is 579 g/mol. The van der Waals surface area contributed by atoms with Crippen molar-refractivity contribution >= 4 is 59.0 Å². The molecule has 2 atom stereocenters. The van der Waals surface area contributed by atoms with E-state index in [2.05, 4.69) is 40.1 Å². The minimum absolute atomic E-state index is 0.0831. The van der Waals surface area contributed by atoms with Crippen LogP contribution in [-0.2, 0) is 16.1 Å². The topological polar surface area (TPSA) is 82.5 Å². The van der Waals surface area contributed by atoms with Gasteiger partial charge in [-0.05, 0) is 56.2 Å². The number of carbonyl (C=O) groups excluding carboxylic acids is 2. The van der Waals surface area contributed by atoms with Gasteiger partial charge in [-0.1, -0.05) is 54.1 Å². The standard InChI is InChI=1S/C31H35ClN4O3S/c1-20-13-16-27(40)36(20)26-15-14-24(18-25(26)32)35-29(37)28(22-10-6-5-7-11-22)34-23-12-8-9-21(17-23)19-33-30(38)39-31(2,3)4/h5-12,14-15,17-18,27-28,34H,13,16,19H2,1-4H3,(H2-,33,35,37,38,40)/p+1. The van der Waals surface area contributed by atoms with E-state index in [-0.39, 0.29) is 11.3 Å². The summed E-state index contributed by atoms with van der Waals surface area (Å²) in [7, 11) is 0. The fraction of sp³-hybridized carbons (Fsp3) is 0.323. The maximum Gasteiger partial charge on any atom is 0.407 e. The molecule has 0 radical (unpaired) electrons. The van der Waals surface area contributed by atoms with Gasteiger partial charge in [0.1, 0.15) is 16.7 Å². The van der Waals surface area contributed by atoms with Gasteiger partial charge >= 0.3 is 6.09 Å². The average molecular weight is 580 g/mol. The number of hydrogen-bond acceptors (Lipinski definition) is 5. The van der Waals surface area contributed by atoms with Gasteiger partial charge in [-0.2, -0.15) is 4.58 Å². The number of hydrogen-bond donors (Lipinski definition) is 4. The van der Waals surface area contributed by atoms with Crippen LogP contribution in [0.3, 0.4) is 0 Å². The molecule has 0 aromatic heterocycles. The summed E-state index contributed by atoms with van der Waals surface area (Å²) in [4.78, 5) is 25.7. The molecule has 0 saturated carbocycles. The summed E-state index contributed by atoms with van der Waals surface area (Å²) in [5.41, 5.74) is 4.53. The number of amides is 2. The van der Waals surface area contributed by atoms with Gasteiger partial charge in [-0.15, -0.1) is 12.6 Å². The smallest absolute Gasteiger partial charge is 0.407 e. The zero-order valence-electron chi connectivity index (χ0n) is 23.2. The van der Waals surface area contributed by atoms with Crippen molar-refractivity contribution in [2.75, 3.05) is 10.6 Å². The summed E-state index contributed by atoms with van der Waals surface area (Å²) >= 11 is 11.3. The molecule has 210 valence electrons. The third kappa shape index (κ3) is 7.79. The molecule has 9 heteroatoms. The molecule has 0 fully saturated rings. The van der Waals surface area contributed by atoms with Crippen LogP contribution in [0.1, 0.15) is 57.7 Å². The number of nitrogens with zero attached hydrogens (tertiary/aromatic N) is 1. The first-order valence-corrected chi connectivity index (χ1v) is 14.2. The summed E-state index contributed by atoms with van der Waals surface area (Å²) in [6.45, 7) is 7.83. The van der Waals surface area contributed by atoms with E-state index in [1.54, 1.807) is 6.07 Å². The minimum Gasteiger partial charge on any atom is -0.444 e. The van der Waals surface area contributed by atoms with Crippen molar-refractivity contribution in [2.45, 2.75) is 64.1 Å². The van der Waals surface area contributed by atoms with E-state index >= 15 is 0 Å². The first-order chi connectivity index (χ1) is 19.0. The highest BCUT2D eigenvalue weighted by Crippen LogP contribution is 2.34. The van der Waals surface area contributed by atoms with E-state index in [4.69, 9.17) is 16.3 Å². The van der Waals surface area contributed by atoms with Crippen LogP contribution in [0.2, 0.25) is 5.02 Å². The SMILES string of the molecule is CC1=[N+](c2ccc(NC(=O)C(Nc3cccc(CNC(=O)OC(C)(C)C)c3)c3ccccc3)cc2Cl)C(S)CC1. The molecule has 40 heavy (non-hydrogen) atoms. The zero-order valence-corrected chi connectivity index (χ0v) is 24.9. The van der Waals surface area contributed by atoms with Gasteiger partial charge in [-0.25, -0.2) is 4.79 Å². The van der Waals surface area contributed by atoms with Crippen LogP contribution in [0.4, 0.5) is 21.9 Å². The van der Waals surface area contributed by atoms with Crippen LogP contribution in [-0.4, -0.2) is 33.3 Å². The van der Waals surface area contributed by atoms with Gasteiger partial charge in [0.05, 0.1) is 0 Å². The molecule has 3 aromatic rings. The molecule has 4 rings (SSSR count). The maximum atomic E-state index is 13.6. The van der Waals surface area contributed by atoms with Gasteiger partial charge in [0.25, 0.3) is 5.91 Å².